The first kappa shape index (κ1) is 15.5. The van der Waals surface area contributed by atoms with Crippen LogP contribution in [0.1, 0.15) is 62.9 Å². The Morgan fingerprint density at radius 2 is 1.91 bits per heavy atom. The van der Waals surface area contributed by atoms with E-state index in [2.05, 4.69) is 15.2 Å². The summed E-state index contributed by atoms with van der Waals surface area (Å²) in [7, 11) is 0. The zero-order chi connectivity index (χ0) is 15.6. The summed E-state index contributed by atoms with van der Waals surface area (Å²) in [6, 6.07) is 5.95. The summed E-state index contributed by atoms with van der Waals surface area (Å²) < 4.78 is 0. The van der Waals surface area contributed by atoms with Crippen LogP contribution >= 0.6 is 0 Å². The standard InChI is InChI=1S/C18H27N3O/c1-14-8-7-9-16(19-14)15(2)20-17(22)18(10-3-4-11-18)21-12-5-6-13-21/h7-9,15H,3-6,10-13H2,1-2H3,(H,20,22). The SMILES string of the molecule is Cc1cccc(C(C)NC(=O)C2(N3CCCC3)CCCC2)n1. The van der Waals surface area contributed by atoms with Gasteiger partial charge in [-0.05, 0) is 64.8 Å². The van der Waals surface area contributed by atoms with E-state index in [0.717, 1.165) is 37.3 Å². The average Bonchev–Trinajstić information content (AvgIpc) is 3.19. The maximum Gasteiger partial charge on any atom is 0.241 e. The zero-order valence-corrected chi connectivity index (χ0v) is 13.8. The molecule has 4 heteroatoms. The topological polar surface area (TPSA) is 45.2 Å². The van der Waals surface area contributed by atoms with Gasteiger partial charge >= 0.3 is 0 Å². The van der Waals surface area contributed by atoms with Gasteiger partial charge in [-0.15, -0.1) is 0 Å². The largest absolute Gasteiger partial charge is 0.346 e. The molecule has 1 aromatic rings. The summed E-state index contributed by atoms with van der Waals surface area (Å²) in [5.41, 5.74) is 1.69. The Balaban J connectivity index is 1.74. The molecule has 1 aliphatic heterocycles. The lowest BCUT2D eigenvalue weighted by atomic mass is 9.93. The molecule has 0 bridgehead atoms. The summed E-state index contributed by atoms with van der Waals surface area (Å²) in [6.07, 6.45) is 6.80. The lowest BCUT2D eigenvalue weighted by molar-refractivity contribution is -0.133. The second kappa shape index (κ2) is 6.37. The molecule has 1 N–H and O–H groups in total. The van der Waals surface area contributed by atoms with Crippen LogP contribution in [-0.4, -0.2) is 34.4 Å². The number of hydrogen-bond acceptors (Lipinski definition) is 3. The summed E-state index contributed by atoms with van der Waals surface area (Å²) in [4.78, 5) is 20.0. The van der Waals surface area contributed by atoms with E-state index in [4.69, 9.17) is 0 Å². The molecule has 0 spiro atoms. The molecule has 1 saturated heterocycles. The molecule has 2 heterocycles. The minimum atomic E-state index is -0.255. The molecule has 1 atom stereocenters. The van der Waals surface area contributed by atoms with Gasteiger partial charge in [0.1, 0.15) is 5.54 Å². The highest BCUT2D eigenvalue weighted by Crippen LogP contribution is 2.38. The van der Waals surface area contributed by atoms with Crippen molar-refractivity contribution >= 4 is 5.91 Å². The normalized spacial score (nSPS) is 22.6. The number of nitrogens with one attached hydrogen (secondary N) is 1. The van der Waals surface area contributed by atoms with Crippen molar-refractivity contribution in [1.29, 1.82) is 0 Å². The fourth-order valence-electron chi connectivity index (χ4n) is 4.00. The minimum Gasteiger partial charge on any atom is -0.346 e. The lowest BCUT2D eigenvalue weighted by Crippen LogP contribution is -2.56. The van der Waals surface area contributed by atoms with Crippen LogP contribution in [-0.2, 0) is 4.79 Å². The van der Waals surface area contributed by atoms with E-state index in [1.807, 2.05) is 32.0 Å². The van der Waals surface area contributed by atoms with Crippen LogP contribution in [0.15, 0.2) is 18.2 Å². The fourth-order valence-corrected chi connectivity index (χ4v) is 4.00. The number of carbonyl (C=O) groups is 1. The number of likely N-dealkylation sites (tertiary alicyclic amines) is 1. The predicted molar refractivity (Wildman–Crippen MR) is 87.5 cm³/mol. The number of rotatable bonds is 4. The third-order valence-electron chi connectivity index (χ3n) is 5.27. The number of aryl methyl sites for hydroxylation is 1. The number of nitrogens with zero attached hydrogens (tertiary/aromatic N) is 2. The predicted octanol–water partition coefficient (Wildman–Crippen LogP) is 2.98. The Labute approximate surface area is 133 Å². The maximum atomic E-state index is 13.0. The van der Waals surface area contributed by atoms with Crippen LogP contribution in [0.5, 0.6) is 0 Å². The molecule has 2 aliphatic rings. The van der Waals surface area contributed by atoms with Crippen molar-refractivity contribution in [2.75, 3.05) is 13.1 Å². The molecule has 2 fully saturated rings. The van der Waals surface area contributed by atoms with Gasteiger partial charge in [0.15, 0.2) is 0 Å². The summed E-state index contributed by atoms with van der Waals surface area (Å²) >= 11 is 0. The Morgan fingerprint density at radius 1 is 1.23 bits per heavy atom. The van der Waals surface area contributed by atoms with Gasteiger partial charge in [-0.1, -0.05) is 18.9 Å². The van der Waals surface area contributed by atoms with Gasteiger partial charge in [-0.2, -0.15) is 0 Å². The molecular weight excluding hydrogens is 274 g/mol. The van der Waals surface area contributed by atoms with Gasteiger partial charge in [0, 0.05) is 5.69 Å². The van der Waals surface area contributed by atoms with Gasteiger partial charge in [0.25, 0.3) is 0 Å². The molecule has 0 radical (unpaired) electrons. The number of hydrogen-bond donors (Lipinski definition) is 1. The Hall–Kier alpha value is -1.42. The van der Waals surface area contributed by atoms with E-state index in [9.17, 15) is 4.79 Å². The first-order valence-corrected chi connectivity index (χ1v) is 8.61. The second-order valence-electron chi connectivity index (χ2n) is 6.83. The molecule has 1 aliphatic carbocycles. The summed E-state index contributed by atoms with van der Waals surface area (Å²) in [5.74, 6) is 0.211. The molecule has 3 rings (SSSR count). The van der Waals surface area contributed by atoms with Gasteiger partial charge in [0.05, 0.1) is 11.7 Å². The van der Waals surface area contributed by atoms with Gasteiger partial charge in [-0.3, -0.25) is 14.7 Å². The molecule has 120 valence electrons. The molecule has 4 nitrogen and oxygen atoms in total. The van der Waals surface area contributed by atoms with Crippen molar-refractivity contribution < 1.29 is 4.79 Å². The highest BCUT2D eigenvalue weighted by Gasteiger charge is 2.47. The van der Waals surface area contributed by atoms with Crippen molar-refractivity contribution in [3.05, 3.63) is 29.6 Å². The van der Waals surface area contributed by atoms with E-state index in [0.29, 0.717) is 0 Å². The quantitative estimate of drug-likeness (QED) is 0.930. The molecular formula is C18H27N3O. The van der Waals surface area contributed by atoms with Crippen molar-refractivity contribution in [3.8, 4) is 0 Å². The van der Waals surface area contributed by atoms with E-state index in [1.54, 1.807) is 0 Å². The average molecular weight is 301 g/mol. The Morgan fingerprint density at radius 3 is 2.55 bits per heavy atom. The molecule has 22 heavy (non-hydrogen) atoms. The van der Waals surface area contributed by atoms with Crippen LogP contribution in [0.4, 0.5) is 0 Å². The highest BCUT2D eigenvalue weighted by molar-refractivity contribution is 5.87. The van der Waals surface area contributed by atoms with Crippen LogP contribution in [0, 0.1) is 6.92 Å². The van der Waals surface area contributed by atoms with Gasteiger partial charge in [-0.25, -0.2) is 0 Å². The fraction of sp³-hybridized carbons (Fsp3) is 0.667. The van der Waals surface area contributed by atoms with Crippen LogP contribution in [0.3, 0.4) is 0 Å². The first-order valence-electron chi connectivity index (χ1n) is 8.61. The molecule has 1 saturated carbocycles. The second-order valence-corrected chi connectivity index (χ2v) is 6.83. The summed E-state index contributed by atoms with van der Waals surface area (Å²) in [5, 5.41) is 3.24. The number of carbonyl (C=O) groups excluding carboxylic acids is 1. The van der Waals surface area contributed by atoms with E-state index < -0.39 is 0 Å². The van der Waals surface area contributed by atoms with Crippen molar-refractivity contribution in [2.45, 2.75) is 64.0 Å². The monoisotopic (exact) mass is 301 g/mol. The Kier molecular flexibility index (Phi) is 4.48. The van der Waals surface area contributed by atoms with Crippen molar-refractivity contribution in [1.82, 2.24) is 15.2 Å². The number of aromatic nitrogens is 1. The van der Waals surface area contributed by atoms with Crippen LogP contribution in [0.25, 0.3) is 0 Å². The molecule has 1 aromatic heterocycles. The Bertz CT molecular complexity index is 531. The minimum absolute atomic E-state index is 0.0347. The number of amides is 1. The lowest BCUT2D eigenvalue weighted by Gasteiger charge is -2.38. The van der Waals surface area contributed by atoms with E-state index in [-0.39, 0.29) is 17.5 Å². The zero-order valence-electron chi connectivity index (χ0n) is 13.8. The van der Waals surface area contributed by atoms with Crippen molar-refractivity contribution in [3.63, 3.8) is 0 Å². The molecule has 1 amide bonds. The smallest absolute Gasteiger partial charge is 0.241 e. The molecule has 0 aromatic carbocycles. The maximum absolute atomic E-state index is 13.0. The van der Waals surface area contributed by atoms with Gasteiger partial charge < -0.3 is 5.32 Å². The number of pyridine rings is 1. The van der Waals surface area contributed by atoms with E-state index >= 15 is 0 Å². The first-order chi connectivity index (χ1) is 10.6. The third kappa shape index (κ3) is 2.89. The van der Waals surface area contributed by atoms with Crippen molar-refractivity contribution in [2.24, 2.45) is 0 Å². The summed E-state index contributed by atoms with van der Waals surface area (Å²) in [6.45, 7) is 6.17. The van der Waals surface area contributed by atoms with Crippen LogP contribution in [0.2, 0.25) is 0 Å². The molecule has 1 unspecified atom stereocenters. The van der Waals surface area contributed by atoms with E-state index in [1.165, 1.54) is 25.7 Å². The third-order valence-corrected chi connectivity index (χ3v) is 5.27. The van der Waals surface area contributed by atoms with Gasteiger partial charge in [0.2, 0.25) is 5.91 Å². The van der Waals surface area contributed by atoms with Crippen LogP contribution < -0.4 is 5.32 Å². The highest BCUT2D eigenvalue weighted by atomic mass is 16.2.